The summed E-state index contributed by atoms with van der Waals surface area (Å²) < 4.78 is 32.4. The smallest absolute Gasteiger partial charge is 0.119 e. The Balaban J connectivity index is 2.03. The van der Waals surface area contributed by atoms with Gasteiger partial charge in [0.1, 0.15) is 5.75 Å². The highest BCUT2D eigenvalue weighted by Crippen LogP contribution is 2.55. The number of hydrogen-bond donors (Lipinski definition) is 0. The minimum atomic E-state index is -1.67. The second-order valence-electron chi connectivity index (χ2n) is 6.55. The molecule has 2 aliphatic carbocycles. The van der Waals surface area contributed by atoms with E-state index in [9.17, 15) is 1.37 Å². The second kappa shape index (κ2) is 4.49. The van der Waals surface area contributed by atoms with Crippen LogP contribution in [0.2, 0.25) is 0 Å². The van der Waals surface area contributed by atoms with Crippen LogP contribution in [0.3, 0.4) is 0 Å². The van der Waals surface area contributed by atoms with Crippen molar-refractivity contribution < 1.29 is 8.85 Å². The Labute approximate surface area is 126 Å². The monoisotopic (exact) mass is 274 g/mol. The lowest BCUT2D eigenvalue weighted by atomic mass is 9.52. The molecular formula is C18H25NO. The number of ether oxygens (including phenoxy) is 1. The Morgan fingerprint density at radius 3 is 3.15 bits per heavy atom. The molecule has 1 saturated carbocycles. The first-order valence-corrected chi connectivity index (χ1v) is 7.78. The molecule has 1 unspecified atom stereocenters. The maximum Gasteiger partial charge on any atom is 0.119 e. The molecule has 0 N–H and O–H groups in total. The van der Waals surface area contributed by atoms with Gasteiger partial charge in [0.15, 0.2) is 0 Å². The molecule has 2 nitrogen and oxygen atoms in total. The van der Waals surface area contributed by atoms with Crippen molar-refractivity contribution in [2.75, 3.05) is 20.7 Å². The minimum Gasteiger partial charge on any atom is -0.497 e. The van der Waals surface area contributed by atoms with Gasteiger partial charge in [0.25, 0.3) is 0 Å². The molecule has 1 aliphatic heterocycles. The van der Waals surface area contributed by atoms with Crippen LogP contribution in [0.1, 0.15) is 47.3 Å². The van der Waals surface area contributed by atoms with Gasteiger partial charge in [-0.25, -0.2) is 0 Å². The third-order valence-electron chi connectivity index (χ3n) is 5.69. The molecule has 108 valence electrons. The highest BCUT2D eigenvalue weighted by molar-refractivity contribution is 5.45. The molecule has 0 aromatic heterocycles. The van der Waals surface area contributed by atoms with Crippen LogP contribution < -0.4 is 4.74 Å². The number of benzene rings is 1. The van der Waals surface area contributed by atoms with E-state index in [1.807, 2.05) is 24.1 Å². The molecule has 0 radical (unpaired) electrons. The van der Waals surface area contributed by atoms with E-state index in [0.29, 0.717) is 5.56 Å². The topological polar surface area (TPSA) is 12.5 Å². The van der Waals surface area contributed by atoms with Crippen molar-refractivity contribution in [3.63, 3.8) is 0 Å². The van der Waals surface area contributed by atoms with Crippen molar-refractivity contribution in [3.8, 4) is 5.75 Å². The third kappa shape index (κ3) is 1.60. The van der Waals surface area contributed by atoms with Crippen molar-refractivity contribution in [2.24, 2.45) is 5.92 Å². The molecule has 3 aliphatic rings. The summed E-state index contributed by atoms with van der Waals surface area (Å²) in [6.07, 6.45) is 3.65. The molecule has 3 atom stereocenters. The van der Waals surface area contributed by atoms with Gasteiger partial charge < -0.3 is 9.64 Å². The average molecular weight is 274 g/mol. The maximum atomic E-state index is 9.23. The van der Waals surface area contributed by atoms with Crippen molar-refractivity contribution in [1.29, 1.82) is 0 Å². The van der Waals surface area contributed by atoms with E-state index in [4.69, 9.17) is 7.48 Å². The largest absolute Gasteiger partial charge is 0.497 e. The Kier molecular flexibility index (Phi) is 2.21. The quantitative estimate of drug-likeness (QED) is 0.778. The van der Waals surface area contributed by atoms with E-state index >= 15 is 0 Å². The molecule has 2 heteroatoms. The van der Waals surface area contributed by atoms with Crippen LogP contribution in [0.15, 0.2) is 18.2 Å². The fourth-order valence-electron chi connectivity index (χ4n) is 4.64. The van der Waals surface area contributed by atoms with Crippen LogP contribution in [-0.4, -0.2) is 31.6 Å². The summed E-state index contributed by atoms with van der Waals surface area (Å²) in [6.45, 7) is 0.788. The fourth-order valence-corrected chi connectivity index (χ4v) is 4.64. The zero-order chi connectivity index (χ0) is 16.5. The molecule has 1 saturated heterocycles. The molecule has 1 heterocycles. The molecular weight excluding hydrogens is 246 g/mol. The summed E-state index contributed by atoms with van der Waals surface area (Å²) >= 11 is 0. The van der Waals surface area contributed by atoms with E-state index in [1.165, 1.54) is 6.42 Å². The Bertz CT molecular complexity index is 649. The van der Waals surface area contributed by atoms with Crippen LogP contribution in [0.5, 0.6) is 5.75 Å². The van der Waals surface area contributed by atoms with Crippen LogP contribution in [0, 0.1) is 5.92 Å². The van der Waals surface area contributed by atoms with Crippen LogP contribution >= 0.6 is 0 Å². The SMILES string of the molecule is [2H]C1([2H])c2ccc(OC)cc2[C@]23CCCCC2[C@@]1([2H])N(C)CC3. The van der Waals surface area contributed by atoms with Gasteiger partial charge >= 0.3 is 0 Å². The lowest BCUT2D eigenvalue weighted by molar-refractivity contribution is 0.00274. The number of rotatable bonds is 1. The zero-order valence-corrected chi connectivity index (χ0v) is 12.4. The maximum absolute atomic E-state index is 9.23. The zero-order valence-electron chi connectivity index (χ0n) is 15.4. The number of methoxy groups -OCH3 is 1. The minimum absolute atomic E-state index is 0.0529. The number of fused-ring (bicyclic) bond motifs is 1. The lowest BCUT2D eigenvalue weighted by Crippen LogP contribution is -2.59. The van der Waals surface area contributed by atoms with Gasteiger partial charge in [-0.1, -0.05) is 18.9 Å². The standard InChI is InChI=1S/C18H25NO/c1-19-10-9-18-8-4-3-5-15(18)17(19)11-13-6-7-14(20-2)12-16(13)18/h6-7,12,15,17H,3-5,8-11H2,1-2H3/t15?,17-,18-/m0/s1/i11D2,17D. The first-order valence-electron chi connectivity index (χ1n) is 9.28. The van der Waals surface area contributed by atoms with Crippen LogP contribution in [-0.2, 0) is 11.8 Å². The van der Waals surface area contributed by atoms with Gasteiger partial charge in [-0.15, -0.1) is 0 Å². The molecule has 0 amide bonds. The van der Waals surface area contributed by atoms with E-state index in [1.54, 1.807) is 7.11 Å². The molecule has 2 bridgehead atoms. The van der Waals surface area contributed by atoms with Gasteiger partial charge in [-0.3, -0.25) is 0 Å². The van der Waals surface area contributed by atoms with E-state index in [0.717, 1.165) is 43.5 Å². The Morgan fingerprint density at radius 2 is 2.30 bits per heavy atom. The molecule has 1 aromatic carbocycles. The van der Waals surface area contributed by atoms with Gasteiger partial charge in [0.05, 0.1) is 7.11 Å². The number of piperidine rings is 1. The number of hydrogen-bond acceptors (Lipinski definition) is 2. The first kappa shape index (κ1) is 9.83. The molecule has 20 heavy (non-hydrogen) atoms. The van der Waals surface area contributed by atoms with Gasteiger partial charge in [0.2, 0.25) is 0 Å². The summed E-state index contributed by atoms with van der Waals surface area (Å²) in [5, 5.41) is 0. The number of likely N-dealkylation sites (tertiary alicyclic amines) is 1. The normalized spacial score (nSPS) is 44.5. The summed E-state index contributed by atoms with van der Waals surface area (Å²) in [5.74, 6) is 0.853. The highest BCUT2D eigenvalue weighted by Gasteiger charge is 2.53. The predicted molar refractivity (Wildman–Crippen MR) is 81.4 cm³/mol. The Hall–Kier alpha value is -1.02. The predicted octanol–water partition coefficient (Wildman–Crippen LogP) is 3.38. The summed E-state index contributed by atoms with van der Waals surface area (Å²) in [6, 6.07) is 4.59. The highest BCUT2D eigenvalue weighted by atomic mass is 16.5. The summed E-state index contributed by atoms with van der Waals surface area (Å²) in [7, 11) is 3.59. The first-order chi connectivity index (χ1) is 10.9. The van der Waals surface area contributed by atoms with Gasteiger partial charge in [-0.2, -0.15) is 0 Å². The number of likely N-dealkylation sites (N-methyl/N-ethyl adjacent to an activating group) is 1. The average Bonchev–Trinajstić information content (AvgIpc) is 2.57. The number of nitrogens with zero attached hydrogens (tertiary/aromatic N) is 1. The second-order valence-corrected chi connectivity index (χ2v) is 6.55. The van der Waals surface area contributed by atoms with E-state index in [-0.39, 0.29) is 11.3 Å². The van der Waals surface area contributed by atoms with Crippen molar-refractivity contribution in [2.45, 2.75) is 49.9 Å². The Morgan fingerprint density at radius 1 is 1.40 bits per heavy atom. The molecule has 2 fully saturated rings. The molecule has 0 spiro atoms. The van der Waals surface area contributed by atoms with Gasteiger partial charge in [0, 0.05) is 15.5 Å². The summed E-state index contributed by atoms with van der Waals surface area (Å²) in [5.41, 5.74) is 1.77. The lowest BCUT2D eigenvalue weighted by Gasteiger charge is -2.58. The molecule has 4 rings (SSSR count). The van der Waals surface area contributed by atoms with Crippen molar-refractivity contribution in [1.82, 2.24) is 4.90 Å². The van der Waals surface area contributed by atoms with Crippen molar-refractivity contribution >= 4 is 0 Å². The third-order valence-corrected chi connectivity index (χ3v) is 5.69. The van der Waals surface area contributed by atoms with E-state index in [2.05, 4.69) is 6.07 Å². The summed E-state index contributed by atoms with van der Waals surface area (Å²) in [4.78, 5) is 1.97. The van der Waals surface area contributed by atoms with E-state index < -0.39 is 12.4 Å². The van der Waals surface area contributed by atoms with Gasteiger partial charge in [-0.05, 0) is 68.4 Å². The van der Waals surface area contributed by atoms with Crippen LogP contribution in [0.4, 0.5) is 0 Å². The van der Waals surface area contributed by atoms with Crippen LogP contribution in [0.25, 0.3) is 0 Å². The molecule has 1 aromatic rings. The fraction of sp³-hybridized carbons (Fsp3) is 0.667. The van der Waals surface area contributed by atoms with Crippen molar-refractivity contribution in [3.05, 3.63) is 29.3 Å².